The van der Waals surface area contributed by atoms with Gasteiger partial charge >= 0.3 is 5.97 Å². The standard InChI is InChI=1S/C15H17NO3S/c17-14(16-9-20-8-13(16)15(18)19)12-6-5-10-3-1-2-4-11(10)7-12/h1-4,12-13H,5-9H2,(H,18,19). The number of amides is 1. The molecule has 1 saturated heterocycles. The van der Waals surface area contributed by atoms with Crippen LogP contribution in [0.2, 0.25) is 0 Å². The Morgan fingerprint density at radius 1 is 1.25 bits per heavy atom. The molecule has 5 heteroatoms. The number of fused-ring (bicyclic) bond motifs is 1. The van der Waals surface area contributed by atoms with Gasteiger partial charge in [-0.1, -0.05) is 24.3 Å². The molecule has 0 aromatic heterocycles. The lowest BCUT2D eigenvalue weighted by atomic mass is 9.83. The van der Waals surface area contributed by atoms with E-state index in [0.29, 0.717) is 11.6 Å². The van der Waals surface area contributed by atoms with Crippen LogP contribution in [-0.4, -0.2) is 39.6 Å². The molecule has 1 N–H and O–H groups in total. The minimum absolute atomic E-state index is 0.0110. The van der Waals surface area contributed by atoms with Crippen molar-refractivity contribution in [1.82, 2.24) is 4.90 Å². The number of rotatable bonds is 2. The Hall–Kier alpha value is -1.49. The highest BCUT2D eigenvalue weighted by molar-refractivity contribution is 7.99. The molecule has 0 bridgehead atoms. The summed E-state index contributed by atoms with van der Waals surface area (Å²) in [5.74, 6) is 0.0696. The van der Waals surface area contributed by atoms with Crippen LogP contribution in [0.15, 0.2) is 24.3 Å². The van der Waals surface area contributed by atoms with E-state index in [1.54, 1.807) is 4.90 Å². The van der Waals surface area contributed by atoms with Crippen molar-refractivity contribution in [2.24, 2.45) is 5.92 Å². The molecule has 0 radical (unpaired) electrons. The second kappa shape index (κ2) is 5.48. The molecular formula is C15H17NO3S. The first-order chi connectivity index (χ1) is 9.66. The van der Waals surface area contributed by atoms with E-state index in [2.05, 4.69) is 12.1 Å². The van der Waals surface area contributed by atoms with Gasteiger partial charge in [0, 0.05) is 11.7 Å². The van der Waals surface area contributed by atoms with Crippen molar-refractivity contribution in [3.63, 3.8) is 0 Å². The Morgan fingerprint density at radius 2 is 2.00 bits per heavy atom. The molecular weight excluding hydrogens is 274 g/mol. The Morgan fingerprint density at radius 3 is 2.75 bits per heavy atom. The van der Waals surface area contributed by atoms with E-state index in [9.17, 15) is 14.7 Å². The van der Waals surface area contributed by atoms with Gasteiger partial charge in [0.05, 0.1) is 5.88 Å². The average Bonchev–Trinajstić information content (AvgIpc) is 2.95. The predicted molar refractivity (Wildman–Crippen MR) is 77.6 cm³/mol. The van der Waals surface area contributed by atoms with Gasteiger partial charge in [-0.25, -0.2) is 4.79 Å². The highest BCUT2D eigenvalue weighted by atomic mass is 32.2. The van der Waals surface area contributed by atoms with Crippen LogP contribution in [0.4, 0.5) is 0 Å². The van der Waals surface area contributed by atoms with E-state index >= 15 is 0 Å². The zero-order chi connectivity index (χ0) is 14.1. The number of aliphatic carboxylic acids is 1. The molecule has 2 unspecified atom stereocenters. The zero-order valence-electron chi connectivity index (χ0n) is 11.1. The van der Waals surface area contributed by atoms with Crippen LogP contribution >= 0.6 is 11.8 Å². The van der Waals surface area contributed by atoms with Crippen molar-refractivity contribution in [3.8, 4) is 0 Å². The second-order valence-corrected chi connectivity index (χ2v) is 6.37. The van der Waals surface area contributed by atoms with E-state index in [4.69, 9.17) is 0 Å². The maximum absolute atomic E-state index is 12.6. The summed E-state index contributed by atoms with van der Waals surface area (Å²) in [6, 6.07) is 7.56. The van der Waals surface area contributed by atoms with Crippen molar-refractivity contribution in [3.05, 3.63) is 35.4 Å². The van der Waals surface area contributed by atoms with Gasteiger partial charge in [0.25, 0.3) is 0 Å². The molecule has 0 spiro atoms. The quantitative estimate of drug-likeness (QED) is 0.902. The molecule has 2 atom stereocenters. The Kier molecular flexibility index (Phi) is 3.70. The summed E-state index contributed by atoms with van der Waals surface area (Å²) >= 11 is 1.52. The lowest BCUT2D eigenvalue weighted by Crippen LogP contribution is -2.45. The smallest absolute Gasteiger partial charge is 0.327 e. The number of aryl methyl sites for hydroxylation is 1. The minimum Gasteiger partial charge on any atom is -0.480 e. The fourth-order valence-electron chi connectivity index (χ4n) is 3.01. The van der Waals surface area contributed by atoms with E-state index < -0.39 is 12.0 Å². The summed E-state index contributed by atoms with van der Waals surface area (Å²) in [7, 11) is 0. The van der Waals surface area contributed by atoms with Crippen molar-refractivity contribution in [1.29, 1.82) is 0 Å². The number of carbonyl (C=O) groups excluding carboxylic acids is 1. The molecule has 20 heavy (non-hydrogen) atoms. The van der Waals surface area contributed by atoms with E-state index in [1.807, 2.05) is 12.1 Å². The maximum atomic E-state index is 12.6. The van der Waals surface area contributed by atoms with Gasteiger partial charge in [0.15, 0.2) is 0 Å². The summed E-state index contributed by atoms with van der Waals surface area (Å²) < 4.78 is 0. The van der Waals surface area contributed by atoms with Gasteiger partial charge in [0.1, 0.15) is 6.04 Å². The van der Waals surface area contributed by atoms with Crippen LogP contribution in [0.5, 0.6) is 0 Å². The third-order valence-electron chi connectivity index (χ3n) is 4.15. The van der Waals surface area contributed by atoms with Gasteiger partial charge in [-0.05, 0) is 30.4 Å². The first-order valence-electron chi connectivity index (χ1n) is 6.84. The number of carboxylic acid groups (broad SMARTS) is 1. The second-order valence-electron chi connectivity index (χ2n) is 5.37. The molecule has 0 saturated carbocycles. The number of benzene rings is 1. The summed E-state index contributed by atoms with van der Waals surface area (Å²) in [4.78, 5) is 25.3. The molecule has 1 amide bonds. The van der Waals surface area contributed by atoms with Gasteiger partial charge in [-0.3, -0.25) is 4.79 Å². The van der Waals surface area contributed by atoms with Gasteiger partial charge in [-0.15, -0.1) is 11.8 Å². The van der Waals surface area contributed by atoms with E-state index in [0.717, 1.165) is 19.3 Å². The normalized spacial score (nSPS) is 25.3. The Labute approximate surface area is 122 Å². The highest BCUT2D eigenvalue weighted by Crippen LogP contribution is 2.30. The fraction of sp³-hybridized carbons (Fsp3) is 0.467. The molecule has 2 aliphatic rings. The SMILES string of the molecule is O=C(O)C1CSCN1C(=O)C1CCc2ccccc2C1. The molecule has 1 aliphatic heterocycles. The monoisotopic (exact) mass is 291 g/mol. The molecule has 4 nitrogen and oxygen atoms in total. The molecule has 1 heterocycles. The Balaban J connectivity index is 1.74. The van der Waals surface area contributed by atoms with Crippen LogP contribution in [0.1, 0.15) is 17.5 Å². The lowest BCUT2D eigenvalue weighted by Gasteiger charge is -2.29. The van der Waals surface area contributed by atoms with Crippen molar-refractivity contribution in [2.45, 2.75) is 25.3 Å². The van der Waals surface area contributed by atoms with Crippen LogP contribution in [0.25, 0.3) is 0 Å². The molecule has 1 aromatic carbocycles. The van der Waals surface area contributed by atoms with E-state index in [-0.39, 0.29) is 11.8 Å². The first-order valence-corrected chi connectivity index (χ1v) is 8.00. The van der Waals surface area contributed by atoms with Crippen LogP contribution in [0.3, 0.4) is 0 Å². The summed E-state index contributed by atoms with van der Waals surface area (Å²) in [6.45, 7) is 0. The molecule has 3 rings (SSSR count). The van der Waals surface area contributed by atoms with Crippen molar-refractivity contribution >= 4 is 23.6 Å². The molecule has 106 valence electrons. The number of nitrogens with zero attached hydrogens (tertiary/aromatic N) is 1. The topological polar surface area (TPSA) is 57.6 Å². The van der Waals surface area contributed by atoms with Gasteiger partial charge < -0.3 is 10.0 Å². The number of thioether (sulfide) groups is 1. The van der Waals surface area contributed by atoms with Gasteiger partial charge in [0.2, 0.25) is 5.91 Å². The number of carboxylic acids is 1. The number of carbonyl (C=O) groups is 2. The van der Waals surface area contributed by atoms with Crippen LogP contribution < -0.4 is 0 Å². The predicted octanol–water partition coefficient (Wildman–Crippen LogP) is 1.78. The highest BCUT2D eigenvalue weighted by Gasteiger charge is 2.38. The van der Waals surface area contributed by atoms with Gasteiger partial charge in [-0.2, -0.15) is 0 Å². The summed E-state index contributed by atoms with van der Waals surface area (Å²) in [6.07, 6.45) is 2.47. The van der Waals surface area contributed by atoms with Crippen molar-refractivity contribution in [2.75, 3.05) is 11.6 Å². The van der Waals surface area contributed by atoms with E-state index in [1.165, 1.54) is 22.9 Å². The largest absolute Gasteiger partial charge is 0.480 e. The van der Waals surface area contributed by atoms with Crippen molar-refractivity contribution < 1.29 is 14.7 Å². The molecule has 1 aromatic rings. The minimum atomic E-state index is -0.889. The third-order valence-corrected chi connectivity index (χ3v) is 5.16. The first kappa shape index (κ1) is 13.5. The average molecular weight is 291 g/mol. The lowest BCUT2D eigenvalue weighted by molar-refractivity contribution is -0.149. The molecule has 1 aliphatic carbocycles. The Bertz CT molecular complexity index is 546. The zero-order valence-corrected chi connectivity index (χ0v) is 11.9. The maximum Gasteiger partial charge on any atom is 0.327 e. The molecule has 1 fully saturated rings. The summed E-state index contributed by atoms with van der Waals surface area (Å²) in [5.41, 5.74) is 2.55. The fourth-order valence-corrected chi connectivity index (χ4v) is 4.16. The van der Waals surface area contributed by atoms with Crippen LogP contribution in [0, 0.1) is 5.92 Å². The number of hydrogen-bond donors (Lipinski definition) is 1. The van der Waals surface area contributed by atoms with Crippen LogP contribution in [-0.2, 0) is 22.4 Å². The number of hydrogen-bond acceptors (Lipinski definition) is 3. The third kappa shape index (κ3) is 2.42. The summed E-state index contributed by atoms with van der Waals surface area (Å²) in [5, 5.41) is 9.18.